The molecule has 1 atom stereocenters. The normalized spacial score (nSPS) is 11.9. The first-order chi connectivity index (χ1) is 7.33. The Morgan fingerprint density at radius 1 is 1.53 bits per heavy atom. The minimum atomic E-state index is -0.287. The Kier molecular flexibility index (Phi) is 4.06. The van der Waals surface area contributed by atoms with Gasteiger partial charge in [-0.3, -0.25) is 4.98 Å². The Labute approximate surface area is 89.3 Å². The Hall–Kier alpha value is -2.13. The van der Waals surface area contributed by atoms with Gasteiger partial charge < -0.3 is 0 Å². The number of hydrogen-bond acceptors (Lipinski definition) is 3. The fourth-order valence-corrected chi connectivity index (χ4v) is 1.31. The zero-order valence-electron chi connectivity index (χ0n) is 8.51. The second-order valence-electron chi connectivity index (χ2n) is 3.06. The van der Waals surface area contributed by atoms with E-state index in [0.717, 1.165) is 0 Å². The highest BCUT2D eigenvalue weighted by molar-refractivity contribution is 5.40. The standard InChI is InChI=1S/C12H11N3/c1-2-3-4-10(7-13)12-9-15-6-5-11(12)8-14/h2-3,5-6,9-10H,4H2,1H3. The van der Waals surface area contributed by atoms with Gasteiger partial charge in [0.1, 0.15) is 0 Å². The van der Waals surface area contributed by atoms with Crippen molar-refractivity contribution < 1.29 is 0 Å². The first-order valence-electron chi connectivity index (χ1n) is 4.68. The summed E-state index contributed by atoms with van der Waals surface area (Å²) in [6, 6.07) is 5.89. The first-order valence-corrected chi connectivity index (χ1v) is 4.68. The van der Waals surface area contributed by atoms with Crippen molar-refractivity contribution >= 4 is 0 Å². The van der Waals surface area contributed by atoms with Crippen LogP contribution in [-0.2, 0) is 0 Å². The van der Waals surface area contributed by atoms with Crippen molar-refractivity contribution in [3.63, 3.8) is 0 Å². The number of nitriles is 2. The van der Waals surface area contributed by atoms with Gasteiger partial charge in [0.25, 0.3) is 0 Å². The lowest BCUT2D eigenvalue weighted by molar-refractivity contribution is 0.864. The van der Waals surface area contributed by atoms with Crippen molar-refractivity contribution in [2.45, 2.75) is 19.3 Å². The van der Waals surface area contributed by atoms with Crippen molar-refractivity contribution in [2.75, 3.05) is 0 Å². The van der Waals surface area contributed by atoms with Crippen molar-refractivity contribution in [1.82, 2.24) is 4.98 Å². The zero-order valence-corrected chi connectivity index (χ0v) is 8.51. The van der Waals surface area contributed by atoms with Gasteiger partial charge in [0.15, 0.2) is 0 Å². The Bertz CT molecular complexity index is 435. The van der Waals surface area contributed by atoms with Gasteiger partial charge in [-0.1, -0.05) is 12.2 Å². The number of nitrogens with zero attached hydrogens (tertiary/aromatic N) is 3. The minimum Gasteiger partial charge on any atom is -0.264 e. The third-order valence-corrected chi connectivity index (χ3v) is 2.11. The van der Waals surface area contributed by atoms with Crippen LogP contribution in [0, 0.1) is 22.7 Å². The summed E-state index contributed by atoms with van der Waals surface area (Å²) in [7, 11) is 0. The molecule has 15 heavy (non-hydrogen) atoms. The smallest absolute Gasteiger partial charge is 0.0996 e. The van der Waals surface area contributed by atoms with E-state index in [1.165, 1.54) is 0 Å². The van der Waals surface area contributed by atoms with E-state index < -0.39 is 0 Å². The molecule has 0 bridgehead atoms. The van der Waals surface area contributed by atoms with Crippen LogP contribution in [0.4, 0.5) is 0 Å². The fourth-order valence-electron chi connectivity index (χ4n) is 1.31. The Morgan fingerprint density at radius 2 is 2.33 bits per heavy atom. The third kappa shape index (κ3) is 2.65. The molecule has 1 aromatic heterocycles. The van der Waals surface area contributed by atoms with Crippen LogP contribution < -0.4 is 0 Å². The molecule has 0 spiro atoms. The number of pyridine rings is 1. The summed E-state index contributed by atoms with van der Waals surface area (Å²) < 4.78 is 0. The van der Waals surface area contributed by atoms with Gasteiger partial charge >= 0.3 is 0 Å². The van der Waals surface area contributed by atoms with Crippen molar-refractivity contribution in [1.29, 1.82) is 10.5 Å². The highest BCUT2D eigenvalue weighted by Crippen LogP contribution is 2.21. The molecule has 0 aromatic carbocycles. The number of rotatable bonds is 3. The second kappa shape index (κ2) is 5.57. The monoisotopic (exact) mass is 197 g/mol. The molecule has 0 amide bonds. The summed E-state index contributed by atoms with van der Waals surface area (Å²) in [5.41, 5.74) is 1.24. The molecule has 0 aliphatic heterocycles. The van der Waals surface area contributed by atoms with Gasteiger partial charge in [-0.15, -0.1) is 0 Å². The average molecular weight is 197 g/mol. The molecule has 0 aliphatic rings. The molecule has 0 N–H and O–H groups in total. The predicted molar refractivity (Wildman–Crippen MR) is 56.7 cm³/mol. The highest BCUT2D eigenvalue weighted by atomic mass is 14.6. The lowest BCUT2D eigenvalue weighted by atomic mass is 9.95. The van der Waals surface area contributed by atoms with Gasteiger partial charge in [-0.25, -0.2) is 0 Å². The van der Waals surface area contributed by atoms with E-state index in [1.54, 1.807) is 18.5 Å². The number of hydrogen-bond donors (Lipinski definition) is 0. The second-order valence-corrected chi connectivity index (χ2v) is 3.06. The Balaban J connectivity index is 3.03. The zero-order chi connectivity index (χ0) is 11.1. The summed E-state index contributed by atoms with van der Waals surface area (Å²) in [4.78, 5) is 3.94. The highest BCUT2D eigenvalue weighted by Gasteiger charge is 2.13. The van der Waals surface area contributed by atoms with Gasteiger partial charge in [0.2, 0.25) is 0 Å². The maximum atomic E-state index is 9.00. The molecule has 0 fully saturated rings. The van der Waals surface area contributed by atoms with Gasteiger partial charge in [0.05, 0.1) is 23.6 Å². The van der Waals surface area contributed by atoms with Gasteiger partial charge in [-0.2, -0.15) is 10.5 Å². The summed E-state index contributed by atoms with van der Waals surface area (Å²) >= 11 is 0. The molecular weight excluding hydrogens is 186 g/mol. The Morgan fingerprint density at radius 3 is 2.93 bits per heavy atom. The molecule has 74 valence electrons. The summed E-state index contributed by atoms with van der Waals surface area (Å²) in [6.07, 6.45) is 7.59. The molecule has 0 aliphatic carbocycles. The molecule has 1 rings (SSSR count). The minimum absolute atomic E-state index is 0.287. The van der Waals surface area contributed by atoms with Crippen LogP contribution in [0.3, 0.4) is 0 Å². The van der Waals surface area contributed by atoms with Crippen molar-refractivity contribution in [3.05, 3.63) is 41.7 Å². The van der Waals surface area contributed by atoms with Crippen LogP contribution in [0.2, 0.25) is 0 Å². The maximum absolute atomic E-state index is 9.00. The molecule has 1 heterocycles. The number of aromatic nitrogens is 1. The fraction of sp³-hybridized carbons (Fsp3) is 0.250. The van der Waals surface area contributed by atoms with Crippen LogP contribution in [0.1, 0.15) is 30.4 Å². The summed E-state index contributed by atoms with van der Waals surface area (Å²) in [6.45, 7) is 1.91. The molecule has 1 aromatic rings. The van der Waals surface area contributed by atoms with Crippen LogP contribution in [0.25, 0.3) is 0 Å². The van der Waals surface area contributed by atoms with Crippen LogP contribution in [0.5, 0.6) is 0 Å². The van der Waals surface area contributed by atoms with Gasteiger partial charge in [0, 0.05) is 18.0 Å². The first kappa shape index (κ1) is 10.9. The molecule has 0 radical (unpaired) electrons. The van der Waals surface area contributed by atoms with Crippen molar-refractivity contribution in [2.24, 2.45) is 0 Å². The van der Waals surface area contributed by atoms with E-state index in [0.29, 0.717) is 17.5 Å². The maximum Gasteiger partial charge on any atom is 0.0996 e. The summed E-state index contributed by atoms with van der Waals surface area (Å²) in [5.74, 6) is -0.287. The van der Waals surface area contributed by atoms with E-state index in [4.69, 9.17) is 10.5 Å². The third-order valence-electron chi connectivity index (χ3n) is 2.11. The van der Waals surface area contributed by atoms with Crippen LogP contribution >= 0.6 is 0 Å². The van der Waals surface area contributed by atoms with Crippen LogP contribution in [-0.4, -0.2) is 4.98 Å². The lowest BCUT2D eigenvalue weighted by Gasteiger charge is -2.07. The number of allylic oxidation sites excluding steroid dienone is 2. The predicted octanol–water partition coefficient (Wildman–Crippen LogP) is 2.53. The van der Waals surface area contributed by atoms with Gasteiger partial charge in [-0.05, 0) is 19.4 Å². The average Bonchev–Trinajstić information content (AvgIpc) is 2.30. The topological polar surface area (TPSA) is 60.5 Å². The molecule has 3 nitrogen and oxygen atoms in total. The van der Waals surface area contributed by atoms with E-state index in [9.17, 15) is 0 Å². The SMILES string of the molecule is CC=CCC(C#N)c1cnccc1C#N. The molecule has 3 heteroatoms. The molecule has 1 unspecified atom stereocenters. The van der Waals surface area contributed by atoms with E-state index in [-0.39, 0.29) is 5.92 Å². The quantitative estimate of drug-likeness (QED) is 0.699. The van der Waals surface area contributed by atoms with Crippen molar-refractivity contribution in [3.8, 4) is 12.1 Å². The van der Waals surface area contributed by atoms with E-state index >= 15 is 0 Å². The summed E-state index contributed by atoms with van der Waals surface area (Å²) in [5, 5.41) is 17.9. The largest absolute Gasteiger partial charge is 0.264 e. The van der Waals surface area contributed by atoms with E-state index in [1.807, 2.05) is 19.1 Å². The van der Waals surface area contributed by atoms with Crippen LogP contribution in [0.15, 0.2) is 30.6 Å². The lowest BCUT2D eigenvalue weighted by Crippen LogP contribution is -1.98. The molecular formula is C12H11N3. The van der Waals surface area contributed by atoms with E-state index in [2.05, 4.69) is 17.1 Å². The molecule has 0 saturated heterocycles. The molecule has 0 saturated carbocycles.